The fourth-order valence-corrected chi connectivity index (χ4v) is 1.54. The Labute approximate surface area is 118 Å². The molecule has 4 nitrogen and oxygen atoms in total. The number of benzene rings is 1. The second kappa shape index (κ2) is 8.69. The summed E-state index contributed by atoms with van der Waals surface area (Å²) in [6.07, 6.45) is 2.03. The van der Waals surface area contributed by atoms with E-state index in [1.807, 2.05) is 37.3 Å². The van der Waals surface area contributed by atoms with E-state index >= 15 is 0 Å². The van der Waals surface area contributed by atoms with E-state index in [2.05, 4.69) is 5.32 Å². The number of hydrogen-bond donors (Lipinski definition) is 1. The van der Waals surface area contributed by atoms with Gasteiger partial charge < -0.3 is 9.73 Å². The van der Waals surface area contributed by atoms with Crippen LogP contribution >= 0.6 is 0 Å². The molecule has 20 heavy (non-hydrogen) atoms. The van der Waals surface area contributed by atoms with Crippen LogP contribution in [0.1, 0.15) is 30.0 Å². The number of carbonyl (C=O) groups excluding carboxylic acids is 2. The van der Waals surface area contributed by atoms with E-state index in [-0.39, 0.29) is 11.7 Å². The first kappa shape index (κ1) is 15.7. The van der Waals surface area contributed by atoms with Gasteiger partial charge in [0.2, 0.25) is 0 Å². The van der Waals surface area contributed by atoms with E-state index < -0.39 is 0 Å². The highest BCUT2D eigenvalue weighted by Crippen LogP contribution is 1.99. The predicted octanol–water partition coefficient (Wildman–Crippen LogP) is 2.85. The third-order valence-corrected chi connectivity index (χ3v) is 2.38. The maximum Gasteiger partial charge on any atom is 0.286 e. The standard InChI is InChI=1S/C9H10O.C7H9NO2/c1-8(10)7-9-5-3-2-4-6-9;1-2-8-7(9)6-4-3-5-10-6/h2-6H,7H2,1H3;3-5H,2H2,1H3,(H,8,9). The van der Waals surface area contributed by atoms with Crippen molar-refractivity contribution in [1.29, 1.82) is 0 Å². The van der Waals surface area contributed by atoms with Crippen LogP contribution in [0.15, 0.2) is 53.1 Å². The van der Waals surface area contributed by atoms with E-state index in [1.54, 1.807) is 19.1 Å². The van der Waals surface area contributed by atoms with Gasteiger partial charge in [-0.05, 0) is 31.5 Å². The van der Waals surface area contributed by atoms with E-state index in [4.69, 9.17) is 4.42 Å². The average molecular weight is 273 g/mol. The molecule has 1 heterocycles. The SMILES string of the molecule is CC(=O)Cc1ccccc1.CCNC(=O)c1ccco1. The Kier molecular flexibility index (Phi) is 6.82. The molecule has 0 spiro atoms. The van der Waals surface area contributed by atoms with Crippen molar-refractivity contribution in [2.45, 2.75) is 20.3 Å². The predicted molar refractivity (Wildman–Crippen MR) is 77.5 cm³/mol. The smallest absolute Gasteiger partial charge is 0.286 e. The fourth-order valence-electron chi connectivity index (χ4n) is 1.54. The van der Waals surface area contributed by atoms with Crippen LogP contribution in [0.2, 0.25) is 0 Å². The van der Waals surface area contributed by atoms with E-state index in [0.29, 0.717) is 18.7 Å². The first-order chi connectivity index (χ1) is 9.63. The highest BCUT2D eigenvalue weighted by molar-refractivity contribution is 5.91. The van der Waals surface area contributed by atoms with Crippen molar-refractivity contribution < 1.29 is 14.0 Å². The van der Waals surface area contributed by atoms with Crippen LogP contribution in [0.4, 0.5) is 0 Å². The van der Waals surface area contributed by atoms with Gasteiger partial charge >= 0.3 is 0 Å². The first-order valence-electron chi connectivity index (χ1n) is 6.48. The molecule has 1 aromatic carbocycles. The molecule has 1 aromatic heterocycles. The Bertz CT molecular complexity index is 518. The fraction of sp³-hybridized carbons (Fsp3) is 0.250. The van der Waals surface area contributed by atoms with Crippen molar-refractivity contribution in [3.05, 3.63) is 60.1 Å². The second-order valence-corrected chi connectivity index (χ2v) is 4.20. The molecule has 1 amide bonds. The summed E-state index contributed by atoms with van der Waals surface area (Å²) in [4.78, 5) is 21.5. The molecule has 0 saturated carbocycles. The van der Waals surface area contributed by atoms with Crippen LogP contribution in [-0.4, -0.2) is 18.2 Å². The van der Waals surface area contributed by atoms with Crippen LogP contribution < -0.4 is 5.32 Å². The minimum Gasteiger partial charge on any atom is -0.459 e. The Morgan fingerprint density at radius 1 is 1.10 bits per heavy atom. The second-order valence-electron chi connectivity index (χ2n) is 4.20. The number of carbonyl (C=O) groups is 2. The molecule has 0 aliphatic carbocycles. The van der Waals surface area contributed by atoms with Gasteiger partial charge in [-0.3, -0.25) is 9.59 Å². The summed E-state index contributed by atoms with van der Waals surface area (Å²) >= 11 is 0. The number of amides is 1. The lowest BCUT2D eigenvalue weighted by Gasteiger charge is -1.95. The van der Waals surface area contributed by atoms with Gasteiger partial charge in [0, 0.05) is 13.0 Å². The Morgan fingerprint density at radius 3 is 2.30 bits per heavy atom. The number of Topliss-reactive ketones (excluding diaryl/α,β-unsaturated/α-hetero) is 1. The Morgan fingerprint density at radius 2 is 1.80 bits per heavy atom. The van der Waals surface area contributed by atoms with Gasteiger partial charge in [-0.25, -0.2) is 0 Å². The van der Waals surface area contributed by atoms with Crippen LogP contribution in [0.25, 0.3) is 0 Å². The zero-order chi connectivity index (χ0) is 14.8. The van der Waals surface area contributed by atoms with Crippen molar-refractivity contribution in [3.63, 3.8) is 0 Å². The van der Waals surface area contributed by atoms with Gasteiger partial charge in [-0.15, -0.1) is 0 Å². The summed E-state index contributed by atoms with van der Waals surface area (Å²) in [5, 5.41) is 2.62. The number of ketones is 1. The molecule has 4 heteroatoms. The summed E-state index contributed by atoms with van der Waals surface area (Å²) in [5.74, 6) is 0.417. The lowest BCUT2D eigenvalue weighted by molar-refractivity contribution is -0.116. The van der Waals surface area contributed by atoms with E-state index in [1.165, 1.54) is 6.26 Å². The van der Waals surface area contributed by atoms with E-state index in [9.17, 15) is 9.59 Å². The van der Waals surface area contributed by atoms with Gasteiger partial charge in [0.25, 0.3) is 5.91 Å². The van der Waals surface area contributed by atoms with Gasteiger partial charge in [-0.1, -0.05) is 30.3 Å². The van der Waals surface area contributed by atoms with Gasteiger partial charge in [0.15, 0.2) is 5.76 Å². The monoisotopic (exact) mass is 273 g/mol. The third kappa shape index (κ3) is 6.00. The maximum absolute atomic E-state index is 10.9. The molecular weight excluding hydrogens is 254 g/mol. The molecule has 0 atom stereocenters. The van der Waals surface area contributed by atoms with Crippen molar-refractivity contribution >= 4 is 11.7 Å². The van der Waals surface area contributed by atoms with Crippen molar-refractivity contribution in [3.8, 4) is 0 Å². The summed E-state index contributed by atoms with van der Waals surface area (Å²) in [6, 6.07) is 13.1. The highest BCUT2D eigenvalue weighted by Gasteiger charge is 2.04. The zero-order valence-electron chi connectivity index (χ0n) is 11.8. The maximum atomic E-state index is 10.9. The first-order valence-corrected chi connectivity index (χ1v) is 6.48. The lowest BCUT2D eigenvalue weighted by Crippen LogP contribution is -2.21. The zero-order valence-corrected chi connectivity index (χ0v) is 11.8. The molecule has 0 radical (unpaired) electrons. The van der Waals surface area contributed by atoms with Crippen LogP contribution in [-0.2, 0) is 11.2 Å². The molecule has 1 N–H and O–H groups in total. The van der Waals surface area contributed by atoms with Crippen LogP contribution in [0.5, 0.6) is 0 Å². The van der Waals surface area contributed by atoms with Gasteiger partial charge in [0.05, 0.1) is 6.26 Å². The number of hydrogen-bond acceptors (Lipinski definition) is 3. The van der Waals surface area contributed by atoms with Crippen molar-refractivity contribution in [2.24, 2.45) is 0 Å². The summed E-state index contributed by atoms with van der Waals surface area (Å²) in [7, 11) is 0. The molecule has 0 aliphatic heterocycles. The molecular formula is C16H19NO3. The Balaban J connectivity index is 0.000000200. The molecule has 2 rings (SSSR count). The van der Waals surface area contributed by atoms with Gasteiger partial charge in [-0.2, -0.15) is 0 Å². The molecule has 106 valence electrons. The van der Waals surface area contributed by atoms with Crippen LogP contribution in [0.3, 0.4) is 0 Å². The summed E-state index contributed by atoms with van der Waals surface area (Å²) < 4.78 is 4.84. The topological polar surface area (TPSA) is 59.3 Å². The number of furan rings is 1. The minimum atomic E-state index is -0.160. The van der Waals surface area contributed by atoms with E-state index in [0.717, 1.165) is 5.56 Å². The normalized spacial score (nSPS) is 9.30. The molecule has 0 saturated heterocycles. The molecule has 0 unspecified atom stereocenters. The third-order valence-electron chi connectivity index (χ3n) is 2.38. The minimum absolute atomic E-state index is 0.160. The highest BCUT2D eigenvalue weighted by atomic mass is 16.3. The largest absolute Gasteiger partial charge is 0.459 e. The van der Waals surface area contributed by atoms with Gasteiger partial charge in [0.1, 0.15) is 5.78 Å². The number of rotatable bonds is 4. The molecule has 0 aliphatic rings. The van der Waals surface area contributed by atoms with Crippen molar-refractivity contribution in [1.82, 2.24) is 5.32 Å². The molecule has 0 bridgehead atoms. The van der Waals surface area contributed by atoms with Crippen molar-refractivity contribution in [2.75, 3.05) is 6.54 Å². The molecule has 0 fully saturated rings. The molecule has 2 aromatic rings. The summed E-state index contributed by atoms with van der Waals surface area (Å²) in [6.45, 7) is 4.09. The number of nitrogens with one attached hydrogen (secondary N) is 1. The lowest BCUT2D eigenvalue weighted by atomic mass is 10.1. The Hall–Kier alpha value is -2.36. The average Bonchev–Trinajstić information content (AvgIpc) is 2.94. The summed E-state index contributed by atoms with van der Waals surface area (Å²) in [5.41, 5.74) is 1.09. The quantitative estimate of drug-likeness (QED) is 0.931. The van der Waals surface area contributed by atoms with Crippen LogP contribution in [0, 0.1) is 0 Å².